The monoisotopic (exact) mass is 440 g/mol. The molecule has 4 nitrogen and oxygen atoms in total. The van der Waals surface area contributed by atoms with Gasteiger partial charge in [-0.25, -0.2) is 0 Å². The van der Waals surface area contributed by atoms with Crippen LogP contribution in [0.5, 0.6) is 0 Å². The Labute approximate surface area is 170 Å². The van der Waals surface area contributed by atoms with E-state index in [0.29, 0.717) is 35.3 Å². The SMILES string of the molecule is CO[C@H]1C[C@@]2(C)[C@@H](CC[C@H]3[C@@H]4CC[C@H](C(=O)CBr)[C@@]4(C)CC(=O)[C@@H]32)C[C@@H]1O. The smallest absolute Gasteiger partial charge is 0.147 e. The van der Waals surface area contributed by atoms with Crippen LogP contribution in [-0.4, -0.2) is 41.3 Å². The molecule has 0 saturated heterocycles. The minimum atomic E-state index is -0.416. The maximum absolute atomic E-state index is 13.5. The molecule has 0 spiro atoms. The summed E-state index contributed by atoms with van der Waals surface area (Å²) in [5, 5.41) is 10.8. The summed E-state index contributed by atoms with van der Waals surface area (Å²) >= 11 is 3.35. The molecule has 0 radical (unpaired) electrons. The van der Waals surface area contributed by atoms with Gasteiger partial charge in [-0.05, 0) is 67.1 Å². The molecule has 4 saturated carbocycles. The second kappa shape index (κ2) is 6.91. The summed E-state index contributed by atoms with van der Waals surface area (Å²) in [5.41, 5.74) is -0.250. The number of hydrogen-bond donors (Lipinski definition) is 1. The minimum Gasteiger partial charge on any atom is -0.390 e. The number of Topliss-reactive ketones (excluding diaryl/α,β-unsaturated/α-hetero) is 2. The molecular formula is C22H33BrO4. The number of ether oxygens (including phenoxy) is 1. The Hall–Kier alpha value is -0.260. The number of rotatable bonds is 3. The van der Waals surface area contributed by atoms with E-state index < -0.39 is 6.10 Å². The molecule has 0 heterocycles. The summed E-state index contributed by atoms with van der Waals surface area (Å²) in [7, 11) is 1.67. The molecule has 0 unspecified atom stereocenters. The molecule has 5 heteroatoms. The Morgan fingerprint density at radius 1 is 1.22 bits per heavy atom. The molecule has 0 amide bonds. The molecule has 4 aliphatic rings. The molecular weight excluding hydrogens is 408 g/mol. The number of halogens is 1. The van der Waals surface area contributed by atoms with Crippen molar-refractivity contribution in [1.29, 1.82) is 0 Å². The maximum Gasteiger partial charge on any atom is 0.147 e. The first-order valence-electron chi connectivity index (χ1n) is 10.6. The molecule has 4 rings (SSSR count). The Balaban J connectivity index is 1.67. The summed E-state index contributed by atoms with van der Waals surface area (Å²) in [6.07, 6.45) is 5.64. The topological polar surface area (TPSA) is 63.6 Å². The first-order chi connectivity index (χ1) is 12.8. The van der Waals surface area contributed by atoms with Crippen molar-refractivity contribution >= 4 is 27.5 Å². The van der Waals surface area contributed by atoms with Gasteiger partial charge in [-0.3, -0.25) is 9.59 Å². The predicted octanol–water partition coefficient (Wildman–Crippen LogP) is 3.77. The van der Waals surface area contributed by atoms with E-state index in [4.69, 9.17) is 4.74 Å². The van der Waals surface area contributed by atoms with Crippen molar-refractivity contribution < 1.29 is 19.4 Å². The van der Waals surface area contributed by atoms with E-state index in [9.17, 15) is 14.7 Å². The lowest BCUT2D eigenvalue weighted by Gasteiger charge is -2.60. The van der Waals surface area contributed by atoms with E-state index in [0.717, 1.165) is 38.5 Å². The molecule has 0 bridgehead atoms. The second-order valence-corrected chi connectivity index (χ2v) is 10.7. The molecule has 0 aromatic heterocycles. The quantitative estimate of drug-likeness (QED) is 0.678. The first kappa shape index (κ1) is 20.0. The van der Waals surface area contributed by atoms with Gasteiger partial charge < -0.3 is 9.84 Å². The highest BCUT2D eigenvalue weighted by Crippen LogP contribution is 2.66. The van der Waals surface area contributed by atoms with Gasteiger partial charge in [-0.2, -0.15) is 0 Å². The number of alkyl halides is 1. The van der Waals surface area contributed by atoms with E-state index in [2.05, 4.69) is 29.8 Å². The Bertz CT molecular complexity index is 636. The molecule has 0 aliphatic heterocycles. The van der Waals surface area contributed by atoms with Gasteiger partial charge in [0, 0.05) is 25.4 Å². The van der Waals surface area contributed by atoms with Crippen LogP contribution in [0.4, 0.5) is 0 Å². The normalized spacial score (nSPS) is 52.0. The van der Waals surface area contributed by atoms with Gasteiger partial charge in [-0.15, -0.1) is 0 Å². The lowest BCUT2D eigenvalue weighted by molar-refractivity contribution is -0.176. The zero-order valence-electron chi connectivity index (χ0n) is 16.7. The van der Waals surface area contributed by atoms with Crippen LogP contribution in [0.2, 0.25) is 0 Å². The number of carbonyl (C=O) groups excluding carboxylic acids is 2. The van der Waals surface area contributed by atoms with Gasteiger partial charge in [-0.1, -0.05) is 29.8 Å². The van der Waals surface area contributed by atoms with Crippen molar-refractivity contribution in [3.05, 3.63) is 0 Å². The van der Waals surface area contributed by atoms with Crippen LogP contribution in [-0.2, 0) is 14.3 Å². The fraction of sp³-hybridized carbons (Fsp3) is 0.909. The number of methoxy groups -OCH3 is 1. The number of carbonyl (C=O) groups is 2. The average molecular weight is 441 g/mol. The highest BCUT2D eigenvalue weighted by molar-refractivity contribution is 9.09. The Morgan fingerprint density at radius 3 is 2.63 bits per heavy atom. The number of hydrogen-bond acceptors (Lipinski definition) is 4. The third-order valence-electron chi connectivity index (χ3n) is 9.17. The van der Waals surface area contributed by atoms with Crippen LogP contribution in [0.3, 0.4) is 0 Å². The zero-order valence-corrected chi connectivity index (χ0v) is 18.3. The minimum absolute atomic E-state index is 0.0252. The number of aliphatic hydroxyl groups is 1. The first-order valence-corrected chi connectivity index (χ1v) is 11.7. The van der Waals surface area contributed by atoms with Crippen LogP contribution in [0, 0.1) is 40.4 Å². The highest BCUT2D eigenvalue weighted by Gasteiger charge is 2.64. The van der Waals surface area contributed by atoms with Crippen LogP contribution in [0.25, 0.3) is 0 Å². The van der Waals surface area contributed by atoms with Crippen LogP contribution < -0.4 is 0 Å². The number of ketones is 2. The lowest BCUT2D eigenvalue weighted by atomic mass is 9.44. The van der Waals surface area contributed by atoms with E-state index in [1.807, 2.05) is 0 Å². The van der Waals surface area contributed by atoms with Crippen molar-refractivity contribution in [2.24, 2.45) is 40.4 Å². The molecule has 4 aliphatic carbocycles. The molecule has 4 fully saturated rings. The van der Waals surface area contributed by atoms with Crippen LogP contribution in [0.1, 0.15) is 58.8 Å². The van der Waals surface area contributed by atoms with Gasteiger partial charge in [0.1, 0.15) is 11.6 Å². The third-order valence-corrected chi connectivity index (χ3v) is 9.72. The molecule has 27 heavy (non-hydrogen) atoms. The zero-order chi connectivity index (χ0) is 19.6. The van der Waals surface area contributed by atoms with E-state index >= 15 is 0 Å². The fourth-order valence-corrected chi connectivity index (χ4v) is 8.33. The summed E-state index contributed by atoms with van der Waals surface area (Å²) in [6.45, 7) is 4.49. The number of fused-ring (bicyclic) bond motifs is 5. The van der Waals surface area contributed by atoms with Crippen LogP contribution >= 0.6 is 15.9 Å². The average Bonchev–Trinajstić information content (AvgIpc) is 2.97. The largest absolute Gasteiger partial charge is 0.390 e. The van der Waals surface area contributed by atoms with Gasteiger partial charge >= 0.3 is 0 Å². The molecule has 9 atom stereocenters. The van der Waals surface area contributed by atoms with E-state index in [1.165, 1.54) is 0 Å². The van der Waals surface area contributed by atoms with Gasteiger partial charge in [0.25, 0.3) is 0 Å². The Kier molecular flexibility index (Phi) is 5.13. The van der Waals surface area contributed by atoms with Crippen LogP contribution in [0.15, 0.2) is 0 Å². The standard InChI is InChI=1S/C22H33BrO4/c1-21-10-19(27-3)16(24)8-12(21)4-5-13-14-6-7-15(18(26)11-23)22(14,2)9-17(25)20(13)21/h12-16,19-20,24H,4-11H2,1-3H3/t12-,13-,14-,15+,16-,19-,20+,21-,22-/m0/s1. The molecule has 0 aromatic rings. The van der Waals surface area contributed by atoms with Gasteiger partial charge in [0.05, 0.1) is 17.5 Å². The van der Waals surface area contributed by atoms with Gasteiger partial charge in [0.2, 0.25) is 0 Å². The highest BCUT2D eigenvalue weighted by atomic mass is 79.9. The Morgan fingerprint density at radius 2 is 1.96 bits per heavy atom. The van der Waals surface area contributed by atoms with Crippen molar-refractivity contribution in [2.75, 3.05) is 12.4 Å². The van der Waals surface area contributed by atoms with Crippen molar-refractivity contribution in [3.63, 3.8) is 0 Å². The van der Waals surface area contributed by atoms with E-state index in [1.54, 1.807) is 7.11 Å². The molecule has 0 aromatic carbocycles. The maximum atomic E-state index is 13.5. The summed E-state index contributed by atoms with van der Waals surface area (Å²) < 4.78 is 5.59. The number of aliphatic hydroxyl groups excluding tert-OH is 1. The summed E-state index contributed by atoms with van der Waals surface area (Å²) in [5.74, 6) is 1.99. The van der Waals surface area contributed by atoms with Gasteiger partial charge in [0.15, 0.2) is 0 Å². The fourth-order valence-electron chi connectivity index (χ4n) is 7.94. The second-order valence-electron chi connectivity index (χ2n) is 10.2. The van der Waals surface area contributed by atoms with Crippen molar-refractivity contribution in [1.82, 2.24) is 0 Å². The van der Waals surface area contributed by atoms with Crippen molar-refractivity contribution in [2.45, 2.75) is 71.0 Å². The predicted molar refractivity (Wildman–Crippen MR) is 107 cm³/mol. The summed E-state index contributed by atoms with van der Waals surface area (Å²) in [4.78, 5) is 26.1. The van der Waals surface area contributed by atoms with E-state index in [-0.39, 0.29) is 34.6 Å². The third kappa shape index (κ3) is 2.82. The molecule has 1 N–H and O–H groups in total. The molecule has 152 valence electrons. The lowest BCUT2D eigenvalue weighted by Crippen LogP contribution is -2.60. The summed E-state index contributed by atoms with van der Waals surface area (Å²) in [6, 6.07) is 0. The van der Waals surface area contributed by atoms with Crippen molar-refractivity contribution in [3.8, 4) is 0 Å².